The van der Waals surface area contributed by atoms with Gasteiger partial charge in [0.15, 0.2) is 11.5 Å². The van der Waals surface area contributed by atoms with Crippen LogP contribution < -0.4 is 9.47 Å². The third kappa shape index (κ3) is 6.56. The Morgan fingerprint density at radius 2 is 1.54 bits per heavy atom. The van der Waals surface area contributed by atoms with Crippen molar-refractivity contribution in [3.05, 3.63) is 23.8 Å². The molecular weight excluding hydrogens is 350 g/mol. The number of rotatable bonds is 11. The summed E-state index contributed by atoms with van der Waals surface area (Å²) in [7, 11) is -0.182. The zero-order valence-electron chi connectivity index (χ0n) is 16.3. The van der Waals surface area contributed by atoms with Gasteiger partial charge in [0.1, 0.15) is 0 Å². The highest BCUT2D eigenvalue weighted by molar-refractivity contribution is 6.58. The minimum absolute atomic E-state index is 0.00187. The molecule has 147 valence electrons. The topological polar surface area (TPSA) is 18.5 Å². The molecule has 5 heteroatoms. The van der Waals surface area contributed by atoms with E-state index in [1.165, 1.54) is 75.2 Å². The predicted octanol–water partition coefficient (Wildman–Crippen LogP) is 6.62. The molecule has 1 saturated heterocycles. The summed E-state index contributed by atoms with van der Waals surface area (Å²) >= 11 is 0. The van der Waals surface area contributed by atoms with Crippen molar-refractivity contribution in [2.45, 2.75) is 76.9 Å². The van der Waals surface area contributed by atoms with Crippen molar-refractivity contribution in [1.82, 2.24) is 0 Å². The average Bonchev–Trinajstić information content (AvgIpc) is 2.66. The summed E-state index contributed by atoms with van der Waals surface area (Å²) in [5.41, 5.74) is 0. The molecule has 1 radical (unpaired) electrons. The van der Waals surface area contributed by atoms with Gasteiger partial charge in [0.2, 0.25) is 11.6 Å². The predicted molar refractivity (Wildman–Crippen MR) is 105 cm³/mol. The van der Waals surface area contributed by atoms with Crippen LogP contribution in [0.15, 0.2) is 12.1 Å². The molecule has 0 saturated carbocycles. The van der Waals surface area contributed by atoms with Crippen LogP contribution in [0.4, 0.5) is 8.78 Å². The smallest absolute Gasteiger partial charge is 0.204 e. The molecule has 26 heavy (non-hydrogen) atoms. The van der Waals surface area contributed by atoms with Crippen molar-refractivity contribution in [2.75, 3.05) is 13.2 Å². The van der Waals surface area contributed by atoms with E-state index in [1.54, 1.807) is 6.92 Å². The van der Waals surface area contributed by atoms with Gasteiger partial charge in [0, 0.05) is 8.80 Å². The molecule has 0 bridgehead atoms. The van der Waals surface area contributed by atoms with E-state index in [0.717, 1.165) is 0 Å². The molecule has 2 rings (SSSR count). The van der Waals surface area contributed by atoms with Crippen LogP contribution in [0.25, 0.3) is 0 Å². The van der Waals surface area contributed by atoms with Crippen LogP contribution in [0.3, 0.4) is 0 Å². The van der Waals surface area contributed by atoms with Crippen molar-refractivity contribution in [2.24, 2.45) is 5.92 Å². The summed E-state index contributed by atoms with van der Waals surface area (Å²) in [6, 6.07) is 7.04. The van der Waals surface area contributed by atoms with E-state index in [4.69, 9.17) is 9.47 Å². The van der Waals surface area contributed by atoms with Crippen molar-refractivity contribution < 1.29 is 18.3 Å². The van der Waals surface area contributed by atoms with E-state index in [2.05, 4.69) is 6.92 Å². The van der Waals surface area contributed by atoms with E-state index in [0.29, 0.717) is 19.1 Å². The van der Waals surface area contributed by atoms with Gasteiger partial charge in [0.05, 0.1) is 13.2 Å². The van der Waals surface area contributed by atoms with Crippen LogP contribution in [-0.4, -0.2) is 22.0 Å². The highest BCUT2D eigenvalue weighted by Crippen LogP contribution is 2.31. The molecule has 0 atom stereocenters. The maximum Gasteiger partial charge on any atom is 0.204 e. The maximum atomic E-state index is 14.1. The van der Waals surface area contributed by atoms with E-state index < -0.39 is 11.6 Å². The Bertz CT molecular complexity index is 531. The molecule has 1 aromatic carbocycles. The first-order chi connectivity index (χ1) is 12.7. The highest BCUT2D eigenvalue weighted by Gasteiger charge is 2.23. The van der Waals surface area contributed by atoms with Crippen LogP contribution in [0.1, 0.15) is 58.8 Å². The number of hydrogen-bond donors (Lipinski definition) is 0. The van der Waals surface area contributed by atoms with Crippen molar-refractivity contribution in [3.63, 3.8) is 0 Å². The Kier molecular flexibility index (Phi) is 9.44. The lowest BCUT2D eigenvalue weighted by Crippen LogP contribution is -2.24. The molecule has 2 nitrogen and oxygen atoms in total. The molecule has 1 fully saturated rings. The van der Waals surface area contributed by atoms with Crippen molar-refractivity contribution in [1.29, 1.82) is 0 Å². The Hall–Kier alpha value is -1.10. The zero-order valence-corrected chi connectivity index (χ0v) is 17.3. The van der Waals surface area contributed by atoms with Gasteiger partial charge in [-0.25, -0.2) is 0 Å². The highest BCUT2D eigenvalue weighted by atomic mass is 28.3. The summed E-state index contributed by atoms with van der Waals surface area (Å²) in [5, 5.41) is 0. The standard InChI is InChI=1S/C21H33F2O2Si/c1-3-5-6-7-8-13-26-14-11-17(12-15-26)16-25-19-10-9-18(24-4-2)20(22)21(19)23/h9-10,17H,3-8,11-16H2,1-2H3. The summed E-state index contributed by atoms with van der Waals surface area (Å²) in [6.07, 6.45) is 9.17. The molecule has 0 aliphatic carbocycles. The van der Waals surface area contributed by atoms with Gasteiger partial charge >= 0.3 is 0 Å². The van der Waals surface area contributed by atoms with Crippen LogP contribution in [-0.2, 0) is 0 Å². The first kappa shape index (κ1) is 21.2. The molecule has 0 N–H and O–H groups in total. The first-order valence-corrected chi connectivity index (χ1v) is 12.3. The molecule has 1 aliphatic heterocycles. The molecular formula is C21H33F2O2Si. The lowest BCUT2D eigenvalue weighted by atomic mass is 10.0. The van der Waals surface area contributed by atoms with Gasteiger partial charge in [0.25, 0.3) is 0 Å². The Morgan fingerprint density at radius 3 is 2.15 bits per heavy atom. The minimum Gasteiger partial charge on any atom is -0.491 e. The second-order valence-electron chi connectivity index (χ2n) is 7.29. The van der Waals surface area contributed by atoms with Crippen LogP contribution in [0.2, 0.25) is 18.1 Å². The minimum atomic E-state index is -0.957. The largest absolute Gasteiger partial charge is 0.491 e. The number of benzene rings is 1. The molecule has 1 aromatic rings. The summed E-state index contributed by atoms with van der Waals surface area (Å²) in [6.45, 7) is 4.78. The van der Waals surface area contributed by atoms with Gasteiger partial charge in [-0.2, -0.15) is 8.78 Å². The summed E-state index contributed by atoms with van der Waals surface area (Å²) < 4.78 is 38.6. The monoisotopic (exact) mass is 383 g/mol. The molecule has 0 unspecified atom stereocenters. The second kappa shape index (κ2) is 11.6. The quantitative estimate of drug-likeness (QED) is 0.316. The Labute approximate surface area is 158 Å². The molecule has 0 amide bonds. The zero-order chi connectivity index (χ0) is 18.8. The van der Waals surface area contributed by atoms with Gasteiger partial charge < -0.3 is 9.47 Å². The molecule has 0 spiro atoms. The average molecular weight is 384 g/mol. The fourth-order valence-electron chi connectivity index (χ4n) is 3.58. The maximum absolute atomic E-state index is 14.1. The van der Waals surface area contributed by atoms with Crippen LogP contribution in [0, 0.1) is 17.6 Å². The van der Waals surface area contributed by atoms with E-state index in [9.17, 15) is 8.78 Å². The van der Waals surface area contributed by atoms with E-state index in [1.807, 2.05) is 0 Å². The van der Waals surface area contributed by atoms with E-state index in [-0.39, 0.29) is 20.3 Å². The molecule has 1 heterocycles. The second-order valence-corrected chi connectivity index (χ2v) is 10.3. The van der Waals surface area contributed by atoms with Crippen molar-refractivity contribution in [3.8, 4) is 11.5 Å². The van der Waals surface area contributed by atoms with Gasteiger partial charge in [-0.1, -0.05) is 57.2 Å². The summed E-state index contributed by atoms with van der Waals surface area (Å²) in [4.78, 5) is 0. The Morgan fingerprint density at radius 1 is 0.923 bits per heavy atom. The SMILES string of the molecule is CCCCCCC[Si]1CCC(COc2ccc(OCC)c(F)c2F)CC1. The number of hydrogen-bond acceptors (Lipinski definition) is 2. The summed E-state index contributed by atoms with van der Waals surface area (Å²) in [5.74, 6) is -1.48. The third-order valence-electron chi connectivity index (χ3n) is 5.23. The van der Waals surface area contributed by atoms with E-state index >= 15 is 0 Å². The van der Waals surface area contributed by atoms with Crippen molar-refractivity contribution >= 4 is 8.80 Å². The molecule has 0 aromatic heterocycles. The third-order valence-corrected chi connectivity index (χ3v) is 8.28. The number of ether oxygens (including phenoxy) is 2. The van der Waals surface area contributed by atoms with Gasteiger partial charge in [-0.15, -0.1) is 0 Å². The fraction of sp³-hybridized carbons (Fsp3) is 0.714. The number of halogens is 2. The lowest BCUT2D eigenvalue weighted by molar-refractivity contribution is 0.222. The number of unbranched alkanes of at least 4 members (excludes halogenated alkanes) is 4. The van der Waals surface area contributed by atoms with Crippen LogP contribution in [0.5, 0.6) is 11.5 Å². The van der Waals surface area contributed by atoms with Gasteiger partial charge in [-0.05, 0) is 37.8 Å². The first-order valence-electron chi connectivity index (χ1n) is 10.2. The lowest BCUT2D eigenvalue weighted by Gasteiger charge is -2.27. The van der Waals surface area contributed by atoms with Gasteiger partial charge in [-0.3, -0.25) is 0 Å². The Balaban J connectivity index is 1.69. The molecule has 1 aliphatic rings. The van der Waals surface area contributed by atoms with Crippen LogP contribution >= 0.6 is 0 Å². The normalized spacial score (nSPS) is 16.0. The fourth-order valence-corrected chi connectivity index (χ4v) is 6.71.